The molecule has 1 saturated heterocycles. The van der Waals surface area contributed by atoms with Crippen LogP contribution >= 0.6 is 0 Å². The predicted octanol–water partition coefficient (Wildman–Crippen LogP) is 2.77. The molecule has 1 atom stereocenters. The van der Waals surface area contributed by atoms with E-state index in [-0.39, 0.29) is 0 Å². The molecule has 2 aromatic rings. The minimum absolute atomic E-state index is 0.615. The summed E-state index contributed by atoms with van der Waals surface area (Å²) in [5.41, 5.74) is 1.14. The first-order valence-electron chi connectivity index (χ1n) is 7.37. The molecule has 1 aliphatic heterocycles. The number of imidazole rings is 1. The molecule has 0 amide bonds. The second kappa shape index (κ2) is 6.09. The van der Waals surface area contributed by atoms with Gasteiger partial charge in [0.1, 0.15) is 0 Å². The lowest BCUT2D eigenvalue weighted by Gasteiger charge is -2.32. The number of aromatic nitrogens is 2. The number of hydrogen-bond acceptors (Lipinski definition) is 3. The lowest BCUT2D eigenvalue weighted by atomic mass is 10.0. The van der Waals surface area contributed by atoms with Crippen LogP contribution < -0.4 is 5.32 Å². The fourth-order valence-electron chi connectivity index (χ4n) is 2.84. The van der Waals surface area contributed by atoms with E-state index < -0.39 is 0 Å². The van der Waals surface area contributed by atoms with Crippen LogP contribution in [0.4, 0.5) is 5.95 Å². The van der Waals surface area contributed by atoms with Gasteiger partial charge >= 0.3 is 0 Å². The van der Waals surface area contributed by atoms with Gasteiger partial charge in [0, 0.05) is 30.7 Å². The maximum atomic E-state index is 4.44. The quantitative estimate of drug-likeness (QED) is 0.927. The van der Waals surface area contributed by atoms with E-state index in [4.69, 9.17) is 0 Å². The Morgan fingerprint density at radius 3 is 2.90 bits per heavy atom. The smallest absolute Gasteiger partial charge is 0.207 e. The standard InChI is InChI=1S/C16H22N4/c1-19-11-6-5-9-15(19)13-18-16-17-10-12-20(16)14-7-3-2-4-8-14/h2-4,7-8,10,12,15H,5-6,9,11,13H2,1H3,(H,17,18). The van der Waals surface area contributed by atoms with E-state index in [2.05, 4.69) is 38.9 Å². The lowest BCUT2D eigenvalue weighted by Crippen LogP contribution is -2.41. The number of likely N-dealkylation sites (N-methyl/N-ethyl adjacent to an activating group) is 1. The van der Waals surface area contributed by atoms with Crippen molar-refractivity contribution in [1.82, 2.24) is 14.5 Å². The highest BCUT2D eigenvalue weighted by molar-refractivity contribution is 5.41. The second-order valence-corrected chi connectivity index (χ2v) is 5.47. The second-order valence-electron chi connectivity index (χ2n) is 5.47. The molecule has 1 aliphatic rings. The first kappa shape index (κ1) is 13.2. The average molecular weight is 270 g/mol. The van der Waals surface area contributed by atoms with E-state index in [0.717, 1.165) is 18.2 Å². The summed E-state index contributed by atoms with van der Waals surface area (Å²) in [7, 11) is 2.22. The Morgan fingerprint density at radius 2 is 2.10 bits per heavy atom. The van der Waals surface area contributed by atoms with Gasteiger partial charge in [-0.25, -0.2) is 4.98 Å². The zero-order chi connectivity index (χ0) is 13.8. The van der Waals surface area contributed by atoms with E-state index in [0.29, 0.717) is 6.04 Å². The van der Waals surface area contributed by atoms with Crippen molar-refractivity contribution in [2.75, 3.05) is 25.5 Å². The fourth-order valence-corrected chi connectivity index (χ4v) is 2.84. The number of para-hydroxylation sites is 1. The van der Waals surface area contributed by atoms with Gasteiger partial charge in [-0.3, -0.25) is 4.57 Å². The van der Waals surface area contributed by atoms with Crippen LogP contribution in [0.5, 0.6) is 0 Å². The van der Waals surface area contributed by atoms with Crippen molar-refractivity contribution < 1.29 is 0 Å². The molecule has 1 N–H and O–H groups in total. The number of benzene rings is 1. The number of piperidine rings is 1. The number of rotatable bonds is 4. The third-order valence-corrected chi connectivity index (χ3v) is 4.09. The molecule has 106 valence electrons. The van der Waals surface area contributed by atoms with Crippen LogP contribution in [0.3, 0.4) is 0 Å². The summed E-state index contributed by atoms with van der Waals surface area (Å²) in [6.07, 6.45) is 7.78. The van der Waals surface area contributed by atoms with Gasteiger partial charge in [0.2, 0.25) is 5.95 Å². The van der Waals surface area contributed by atoms with Gasteiger partial charge in [-0.15, -0.1) is 0 Å². The molecule has 0 spiro atoms. The Labute approximate surface area is 120 Å². The first-order chi connectivity index (χ1) is 9.84. The van der Waals surface area contributed by atoms with Gasteiger partial charge in [-0.1, -0.05) is 24.6 Å². The Morgan fingerprint density at radius 1 is 1.25 bits per heavy atom. The molecule has 0 saturated carbocycles. The molecule has 2 heterocycles. The third-order valence-electron chi connectivity index (χ3n) is 4.09. The van der Waals surface area contributed by atoms with Gasteiger partial charge < -0.3 is 10.2 Å². The zero-order valence-corrected chi connectivity index (χ0v) is 12.0. The van der Waals surface area contributed by atoms with Gasteiger partial charge in [-0.05, 0) is 38.6 Å². The SMILES string of the molecule is CN1CCCCC1CNc1nccn1-c1ccccc1. The van der Waals surface area contributed by atoms with Gasteiger partial charge in [0.25, 0.3) is 0 Å². The third kappa shape index (κ3) is 2.85. The molecule has 3 rings (SSSR count). The minimum Gasteiger partial charge on any atom is -0.354 e. The van der Waals surface area contributed by atoms with Gasteiger partial charge in [0.05, 0.1) is 0 Å². The van der Waals surface area contributed by atoms with Crippen molar-refractivity contribution in [2.45, 2.75) is 25.3 Å². The number of anilines is 1. The van der Waals surface area contributed by atoms with Crippen LogP contribution in [-0.4, -0.2) is 40.6 Å². The molecular weight excluding hydrogens is 248 g/mol. The van der Waals surface area contributed by atoms with Crippen LogP contribution in [0.2, 0.25) is 0 Å². The lowest BCUT2D eigenvalue weighted by molar-refractivity contribution is 0.194. The number of nitrogens with one attached hydrogen (secondary N) is 1. The zero-order valence-electron chi connectivity index (χ0n) is 12.0. The topological polar surface area (TPSA) is 33.1 Å². The minimum atomic E-state index is 0.615. The summed E-state index contributed by atoms with van der Waals surface area (Å²) >= 11 is 0. The van der Waals surface area contributed by atoms with Crippen LogP contribution in [0, 0.1) is 0 Å². The maximum absolute atomic E-state index is 4.44. The van der Waals surface area contributed by atoms with Crippen molar-refractivity contribution in [2.24, 2.45) is 0 Å². The summed E-state index contributed by atoms with van der Waals surface area (Å²) in [6, 6.07) is 10.9. The van der Waals surface area contributed by atoms with E-state index in [1.165, 1.54) is 25.8 Å². The fraction of sp³-hybridized carbons (Fsp3) is 0.438. The van der Waals surface area contributed by atoms with Crippen molar-refractivity contribution in [1.29, 1.82) is 0 Å². The Kier molecular flexibility index (Phi) is 4.02. The maximum Gasteiger partial charge on any atom is 0.207 e. The Balaban J connectivity index is 1.68. The Hall–Kier alpha value is -1.81. The summed E-state index contributed by atoms with van der Waals surface area (Å²) in [6.45, 7) is 2.17. The first-order valence-corrected chi connectivity index (χ1v) is 7.37. The van der Waals surface area contributed by atoms with E-state index in [1.807, 2.05) is 30.6 Å². The Bertz CT molecular complexity index is 534. The molecule has 1 fully saturated rings. The molecule has 0 bridgehead atoms. The molecule has 4 nitrogen and oxygen atoms in total. The molecule has 1 aromatic carbocycles. The van der Waals surface area contributed by atoms with E-state index in [9.17, 15) is 0 Å². The summed E-state index contributed by atoms with van der Waals surface area (Å²) in [4.78, 5) is 6.89. The largest absolute Gasteiger partial charge is 0.354 e. The van der Waals surface area contributed by atoms with Crippen molar-refractivity contribution in [3.63, 3.8) is 0 Å². The summed E-state index contributed by atoms with van der Waals surface area (Å²) < 4.78 is 2.10. The average Bonchev–Trinajstić information content (AvgIpc) is 2.96. The van der Waals surface area contributed by atoms with Crippen LogP contribution in [0.15, 0.2) is 42.7 Å². The van der Waals surface area contributed by atoms with Crippen LogP contribution in [0.25, 0.3) is 5.69 Å². The molecule has 1 aromatic heterocycles. The van der Waals surface area contributed by atoms with Gasteiger partial charge in [-0.2, -0.15) is 0 Å². The summed E-state index contributed by atoms with van der Waals surface area (Å²) in [5.74, 6) is 0.926. The number of hydrogen-bond donors (Lipinski definition) is 1. The van der Waals surface area contributed by atoms with Crippen molar-refractivity contribution in [3.05, 3.63) is 42.7 Å². The van der Waals surface area contributed by atoms with Crippen molar-refractivity contribution in [3.8, 4) is 5.69 Å². The molecular formula is C16H22N4. The monoisotopic (exact) mass is 270 g/mol. The normalized spacial score (nSPS) is 19.9. The molecule has 0 aliphatic carbocycles. The van der Waals surface area contributed by atoms with Crippen molar-refractivity contribution >= 4 is 5.95 Å². The molecule has 4 heteroatoms. The number of nitrogens with zero attached hydrogens (tertiary/aromatic N) is 3. The molecule has 1 unspecified atom stereocenters. The van der Waals surface area contributed by atoms with E-state index >= 15 is 0 Å². The highest BCUT2D eigenvalue weighted by Crippen LogP contribution is 2.17. The highest BCUT2D eigenvalue weighted by Gasteiger charge is 2.19. The molecule has 20 heavy (non-hydrogen) atoms. The van der Waals surface area contributed by atoms with Gasteiger partial charge in [0.15, 0.2) is 0 Å². The predicted molar refractivity (Wildman–Crippen MR) is 82.3 cm³/mol. The number of likely N-dealkylation sites (tertiary alicyclic amines) is 1. The van der Waals surface area contributed by atoms with Crippen LogP contribution in [0.1, 0.15) is 19.3 Å². The van der Waals surface area contributed by atoms with E-state index in [1.54, 1.807) is 0 Å². The summed E-state index contributed by atoms with van der Waals surface area (Å²) in [5, 5.41) is 3.50. The molecule has 0 radical (unpaired) electrons. The highest BCUT2D eigenvalue weighted by atomic mass is 15.2. The van der Waals surface area contributed by atoms with Crippen LogP contribution in [-0.2, 0) is 0 Å².